The number of aromatic nitrogens is 2. The second kappa shape index (κ2) is 3.14. The standard InChI is InChI=1S/C6H8BrN3O2/c1-8-5(11)4-3(7)6(12)10(2)9-4/h9H,1-2H3,(H,8,11). The molecule has 1 aromatic rings. The molecule has 0 radical (unpaired) electrons. The summed E-state index contributed by atoms with van der Waals surface area (Å²) in [6.45, 7) is 0. The van der Waals surface area contributed by atoms with E-state index < -0.39 is 0 Å². The van der Waals surface area contributed by atoms with Crippen LogP contribution in [0.5, 0.6) is 0 Å². The van der Waals surface area contributed by atoms with Gasteiger partial charge in [0.2, 0.25) is 0 Å². The average Bonchev–Trinajstić information content (AvgIpc) is 2.32. The van der Waals surface area contributed by atoms with E-state index in [2.05, 4.69) is 26.3 Å². The zero-order valence-electron chi connectivity index (χ0n) is 6.64. The maximum absolute atomic E-state index is 11.1. The van der Waals surface area contributed by atoms with Crippen molar-refractivity contribution in [2.45, 2.75) is 0 Å². The van der Waals surface area contributed by atoms with E-state index in [-0.39, 0.29) is 21.6 Å². The number of nitrogens with zero attached hydrogens (tertiary/aromatic N) is 1. The van der Waals surface area contributed by atoms with E-state index in [1.54, 1.807) is 7.05 Å². The molecule has 6 heteroatoms. The summed E-state index contributed by atoms with van der Waals surface area (Å²) in [5.74, 6) is -0.320. The summed E-state index contributed by atoms with van der Waals surface area (Å²) in [6, 6.07) is 0. The van der Waals surface area contributed by atoms with Gasteiger partial charge in [-0.1, -0.05) is 0 Å². The van der Waals surface area contributed by atoms with E-state index in [1.165, 1.54) is 11.7 Å². The van der Waals surface area contributed by atoms with E-state index in [0.29, 0.717) is 0 Å². The maximum Gasteiger partial charge on any atom is 0.281 e. The van der Waals surface area contributed by atoms with Gasteiger partial charge in [-0.25, -0.2) is 0 Å². The molecule has 1 rings (SSSR count). The number of hydrogen-bond acceptors (Lipinski definition) is 2. The van der Waals surface area contributed by atoms with Gasteiger partial charge in [0.1, 0.15) is 10.2 Å². The molecule has 0 aromatic carbocycles. The highest BCUT2D eigenvalue weighted by Crippen LogP contribution is 2.07. The Kier molecular flexibility index (Phi) is 2.37. The minimum absolute atomic E-state index is 0.241. The third-order valence-corrected chi connectivity index (χ3v) is 2.18. The molecule has 1 aromatic heterocycles. The van der Waals surface area contributed by atoms with Gasteiger partial charge in [0.05, 0.1) is 0 Å². The van der Waals surface area contributed by atoms with Crippen molar-refractivity contribution in [3.8, 4) is 0 Å². The number of rotatable bonds is 1. The highest BCUT2D eigenvalue weighted by atomic mass is 79.9. The first-order valence-corrected chi connectivity index (χ1v) is 4.03. The molecule has 0 aliphatic heterocycles. The van der Waals surface area contributed by atoms with Crippen molar-refractivity contribution in [2.75, 3.05) is 7.05 Å². The minimum atomic E-state index is -0.320. The van der Waals surface area contributed by atoms with E-state index in [1.807, 2.05) is 0 Å². The average molecular weight is 234 g/mol. The molecule has 0 unspecified atom stereocenters. The van der Waals surface area contributed by atoms with Gasteiger partial charge in [-0.3, -0.25) is 19.4 Å². The summed E-state index contributed by atoms with van der Waals surface area (Å²) >= 11 is 3.02. The number of carbonyl (C=O) groups excluding carboxylic acids is 1. The van der Waals surface area contributed by atoms with Crippen LogP contribution in [0.3, 0.4) is 0 Å². The zero-order valence-corrected chi connectivity index (χ0v) is 8.23. The SMILES string of the molecule is CNC(=O)c1[nH]n(C)c(=O)c1Br. The van der Waals surface area contributed by atoms with Gasteiger partial charge in [-0.2, -0.15) is 0 Å². The molecule has 0 aliphatic carbocycles. The van der Waals surface area contributed by atoms with Gasteiger partial charge in [0.15, 0.2) is 0 Å². The van der Waals surface area contributed by atoms with E-state index in [9.17, 15) is 9.59 Å². The van der Waals surface area contributed by atoms with Gasteiger partial charge in [-0.15, -0.1) is 0 Å². The van der Waals surface area contributed by atoms with Crippen molar-refractivity contribution < 1.29 is 4.79 Å². The van der Waals surface area contributed by atoms with Crippen molar-refractivity contribution in [1.29, 1.82) is 0 Å². The van der Waals surface area contributed by atoms with Gasteiger partial charge in [0.25, 0.3) is 11.5 Å². The number of carbonyl (C=O) groups is 1. The molecule has 2 N–H and O–H groups in total. The smallest absolute Gasteiger partial charge is 0.281 e. The number of aromatic amines is 1. The first-order valence-electron chi connectivity index (χ1n) is 3.24. The molecule has 1 heterocycles. The van der Waals surface area contributed by atoms with Crippen LogP contribution in [0.4, 0.5) is 0 Å². The number of halogens is 1. The third-order valence-electron chi connectivity index (χ3n) is 1.45. The van der Waals surface area contributed by atoms with Gasteiger partial charge < -0.3 is 5.32 Å². The van der Waals surface area contributed by atoms with Gasteiger partial charge in [-0.05, 0) is 15.9 Å². The molecule has 0 bridgehead atoms. The summed E-state index contributed by atoms with van der Waals surface area (Å²) in [5.41, 5.74) is -0.0152. The molecule has 12 heavy (non-hydrogen) atoms. The topological polar surface area (TPSA) is 66.9 Å². The Bertz CT molecular complexity index is 365. The van der Waals surface area contributed by atoms with Crippen molar-refractivity contribution in [3.63, 3.8) is 0 Å². The molecule has 5 nitrogen and oxygen atoms in total. The van der Waals surface area contributed by atoms with E-state index in [0.717, 1.165) is 0 Å². The fourth-order valence-electron chi connectivity index (χ4n) is 0.797. The van der Waals surface area contributed by atoms with Gasteiger partial charge >= 0.3 is 0 Å². The molecule has 0 saturated carbocycles. The maximum atomic E-state index is 11.1. The van der Waals surface area contributed by atoms with E-state index >= 15 is 0 Å². The molecular formula is C6H8BrN3O2. The lowest BCUT2D eigenvalue weighted by atomic mass is 10.4. The molecular weight excluding hydrogens is 226 g/mol. The van der Waals surface area contributed by atoms with Crippen LogP contribution in [0.15, 0.2) is 9.27 Å². The molecule has 0 atom stereocenters. The quantitative estimate of drug-likeness (QED) is 0.708. The van der Waals surface area contributed by atoms with Crippen molar-refractivity contribution in [2.24, 2.45) is 7.05 Å². The van der Waals surface area contributed by atoms with Crippen LogP contribution in [0.1, 0.15) is 10.5 Å². The number of hydrogen-bond donors (Lipinski definition) is 2. The summed E-state index contributed by atoms with van der Waals surface area (Å²) in [5, 5.41) is 5.02. The number of aryl methyl sites for hydroxylation is 1. The normalized spacial score (nSPS) is 9.92. The molecule has 66 valence electrons. The van der Waals surface area contributed by atoms with Crippen LogP contribution in [-0.2, 0) is 7.05 Å². The highest BCUT2D eigenvalue weighted by molar-refractivity contribution is 9.10. The Hall–Kier alpha value is -1.04. The Morgan fingerprint density at radius 1 is 1.67 bits per heavy atom. The van der Waals surface area contributed by atoms with Crippen molar-refractivity contribution in [1.82, 2.24) is 15.1 Å². The summed E-state index contributed by atoms with van der Waals surface area (Å²) in [6.07, 6.45) is 0. The van der Waals surface area contributed by atoms with Crippen LogP contribution in [-0.4, -0.2) is 22.7 Å². The predicted molar refractivity (Wildman–Crippen MR) is 47.1 cm³/mol. The van der Waals surface area contributed by atoms with Crippen LogP contribution in [0.25, 0.3) is 0 Å². The summed E-state index contributed by atoms with van der Waals surface area (Å²) < 4.78 is 1.48. The van der Waals surface area contributed by atoms with Gasteiger partial charge in [0, 0.05) is 14.1 Å². The van der Waals surface area contributed by atoms with Crippen LogP contribution >= 0.6 is 15.9 Å². The lowest BCUT2D eigenvalue weighted by Gasteiger charge is -1.94. The van der Waals surface area contributed by atoms with E-state index in [4.69, 9.17) is 0 Å². The highest BCUT2D eigenvalue weighted by Gasteiger charge is 2.14. The predicted octanol–water partition coefficient (Wildman–Crippen LogP) is -0.165. The monoisotopic (exact) mass is 233 g/mol. The van der Waals surface area contributed by atoms with Crippen molar-refractivity contribution in [3.05, 3.63) is 20.5 Å². The lowest BCUT2D eigenvalue weighted by molar-refractivity contribution is 0.0956. The Labute approximate surface area is 76.9 Å². The number of amides is 1. The first kappa shape index (κ1) is 9.05. The van der Waals surface area contributed by atoms with Crippen LogP contribution < -0.4 is 10.9 Å². The molecule has 0 saturated heterocycles. The first-order chi connectivity index (χ1) is 5.57. The molecule has 0 spiro atoms. The minimum Gasteiger partial charge on any atom is -0.354 e. The number of H-pyrrole nitrogens is 1. The lowest BCUT2D eigenvalue weighted by Crippen LogP contribution is -2.19. The molecule has 0 aliphatic rings. The summed E-state index contributed by atoms with van der Waals surface area (Å²) in [7, 11) is 3.04. The second-order valence-electron chi connectivity index (χ2n) is 2.24. The molecule has 1 amide bonds. The largest absolute Gasteiger partial charge is 0.354 e. The van der Waals surface area contributed by atoms with Crippen LogP contribution in [0, 0.1) is 0 Å². The second-order valence-corrected chi connectivity index (χ2v) is 3.04. The molecule has 0 fully saturated rings. The van der Waals surface area contributed by atoms with Crippen molar-refractivity contribution >= 4 is 21.8 Å². The fourth-order valence-corrected chi connectivity index (χ4v) is 1.33. The Morgan fingerprint density at radius 3 is 2.58 bits per heavy atom. The number of nitrogens with one attached hydrogen (secondary N) is 2. The zero-order chi connectivity index (χ0) is 9.30. The fraction of sp³-hybridized carbons (Fsp3) is 0.333. The van der Waals surface area contributed by atoms with Crippen LogP contribution in [0.2, 0.25) is 0 Å². The summed E-state index contributed by atoms with van der Waals surface area (Å²) in [4.78, 5) is 22.2. The Balaban J connectivity index is 3.27. The Morgan fingerprint density at radius 2 is 2.25 bits per heavy atom. The third kappa shape index (κ3) is 1.29.